The summed E-state index contributed by atoms with van der Waals surface area (Å²) in [5.74, 6) is 0.746. The molecule has 0 radical (unpaired) electrons. The first-order valence-corrected chi connectivity index (χ1v) is 6.90. The van der Waals surface area contributed by atoms with E-state index in [0.717, 1.165) is 12.5 Å². The molecule has 96 valence electrons. The van der Waals surface area contributed by atoms with E-state index in [1.807, 2.05) is 0 Å². The van der Waals surface area contributed by atoms with E-state index in [4.69, 9.17) is 0 Å². The SMILES string of the molecule is CCCNC(C)CC(C)Cc1cccc(C)c1. The van der Waals surface area contributed by atoms with Crippen molar-refractivity contribution in [1.82, 2.24) is 5.32 Å². The van der Waals surface area contributed by atoms with Crippen LogP contribution in [0.1, 0.15) is 44.7 Å². The van der Waals surface area contributed by atoms with Crippen molar-refractivity contribution in [3.05, 3.63) is 35.4 Å². The average Bonchev–Trinajstić information content (AvgIpc) is 2.26. The standard InChI is InChI=1S/C16H27N/c1-5-9-17-15(4)10-14(3)12-16-8-6-7-13(2)11-16/h6-8,11,14-15,17H,5,9-10,12H2,1-4H3. The van der Waals surface area contributed by atoms with Crippen LogP contribution >= 0.6 is 0 Å². The lowest BCUT2D eigenvalue weighted by atomic mass is 9.94. The zero-order valence-electron chi connectivity index (χ0n) is 11.8. The fraction of sp³-hybridized carbons (Fsp3) is 0.625. The highest BCUT2D eigenvalue weighted by Crippen LogP contribution is 2.14. The van der Waals surface area contributed by atoms with Gasteiger partial charge in [0.15, 0.2) is 0 Å². The van der Waals surface area contributed by atoms with Crippen molar-refractivity contribution in [2.45, 2.75) is 53.0 Å². The van der Waals surface area contributed by atoms with Gasteiger partial charge in [-0.1, -0.05) is 43.7 Å². The van der Waals surface area contributed by atoms with Gasteiger partial charge in [-0.25, -0.2) is 0 Å². The largest absolute Gasteiger partial charge is 0.314 e. The fourth-order valence-electron chi connectivity index (χ4n) is 2.40. The lowest BCUT2D eigenvalue weighted by Gasteiger charge is -2.18. The molecular formula is C16H27N. The zero-order chi connectivity index (χ0) is 12.7. The second-order valence-electron chi connectivity index (χ2n) is 5.39. The first kappa shape index (κ1) is 14.2. The van der Waals surface area contributed by atoms with Gasteiger partial charge in [0.05, 0.1) is 0 Å². The molecule has 0 aromatic heterocycles. The van der Waals surface area contributed by atoms with Crippen LogP contribution in [0.2, 0.25) is 0 Å². The van der Waals surface area contributed by atoms with Crippen LogP contribution in [-0.4, -0.2) is 12.6 Å². The first-order chi connectivity index (χ1) is 8.11. The molecule has 1 heteroatoms. The van der Waals surface area contributed by atoms with Gasteiger partial charge in [0.25, 0.3) is 0 Å². The number of aryl methyl sites for hydroxylation is 1. The summed E-state index contributed by atoms with van der Waals surface area (Å²) in [5.41, 5.74) is 2.84. The van der Waals surface area contributed by atoms with E-state index in [1.165, 1.54) is 30.4 Å². The second kappa shape index (κ2) is 7.50. The summed E-state index contributed by atoms with van der Waals surface area (Å²) in [7, 11) is 0. The maximum absolute atomic E-state index is 3.56. The molecule has 0 heterocycles. The van der Waals surface area contributed by atoms with E-state index in [-0.39, 0.29) is 0 Å². The van der Waals surface area contributed by atoms with Crippen LogP contribution in [-0.2, 0) is 6.42 Å². The molecule has 1 aromatic rings. The normalized spacial score (nSPS) is 14.6. The third kappa shape index (κ3) is 5.88. The number of benzene rings is 1. The highest BCUT2D eigenvalue weighted by molar-refractivity contribution is 5.22. The Morgan fingerprint density at radius 2 is 2.00 bits per heavy atom. The molecular weight excluding hydrogens is 206 g/mol. The van der Waals surface area contributed by atoms with E-state index in [9.17, 15) is 0 Å². The molecule has 0 bridgehead atoms. The molecule has 17 heavy (non-hydrogen) atoms. The highest BCUT2D eigenvalue weighted by Gasteiger charge is 2.08. The molecule has 0 amide bonds. The molecule has 1 rings (SSSR count). The third-order valence-electron chi connectivity index (χ3n) is 3.17. The van der Waals surface area contributed by atoms with E-state index >= 15 is 0 Å². The predicted molar refractivity (Wildman–Crippen MR) is 76.4 cm³/mol. The van der Waals surface area contributed by atoms with E-state index in [0.29, 0.717) is 6.04 Å². The summed E-state index contributed by atoms with van der Waals surface area (Å²) >= 11 is 0. The van der Waals surface area contributed by atoms with Gasteiger partial charge in [0.2, 0.25) is 0 Å². The van der Waals surface area contributed by atoms with E-state index in [2.05, 4.69) is 57.3 Å². The van der Waals surface area contributed by atoms with Crippen molar-refractivity contribution in [3.63, 3.8) is 0 Å². The predicted octanol–water partition coefficient (Wildman–Crippen LogP) is 3.95. The average molecular weight is 233 g/mol. The minimum atomic E-state index is 0.634. The Balaban J connectivity index is 2.36. The Morgan fingerprint density at radius 1 is 1.24 bits per heavy atom. The number of hydrogen-bond donors (Lipinski definition) is 1. The Bertz CT molecular complexity index is 319. The van der Waals surface area contributed by atoms with Gasteiger partial charge >= 0.3 is 0 Å². The summed E-state index contributed by atoms with van der Waals surface area (Å²) in [4.78, 5) is 0. The van der Waals surface area contributed by atoms with E-state index in [1.54, 1.807) is 0 Å². The highest BCUT2D eigenvalue weighted by atomic mass is 14.9. The molecule has 1 aromatic carbocycles. The van der Waals surface area contributed by atoms with Crippen LogP contribution in [0.25, 0.3) is 0 Å². The van der Waals surface area contributed by atoms with Crippen molar-refractivity contribution >= 4 is 0 Å². The first-order valence-electron chi connectivity index (χ1n) is 6.90. The minimum absolute atomic E-state index is 0.634. The maximum Gasteiger partial charge on any atom is 0.00413 e. The van der Waals surface area contributed by atoms with Crippen molar-refractivity contribution < 1.29 is 0 Å². The summed E-state index contributed by atoms with van der Waals surface area (Å²) < 4.78 is 0. The van der Waals surface area contributed by atoms with Crippen LogP contribution in [0.5, 0.6) is 0 Å². The fourth-order valence-corrected chi connectivity index (χ4v) is 2.40. The molecule has 1 nitrogen and oxygen atoms in total. The Morgan fingerprint density at radius 3 is 2.65 bits per heavy atom. The quantitative estimate of drug-likeness (QED) is 0.752. The molecule has 0 spiro atoms. The molecule has 0 fully saturated rings. The zero-order valence-corrected chi connectivity index (χ0v) is 11.8. The summed E-state index contributed by atoms with van der Waals surface area (Å²) in [5, 5.41) is 3.56. The molecule has 0 aliphatic heterocycles. The molecule has 2 unspecified atom stereocenters. The Kier molecular flexibility index (Phi) is 6.28. The molecule has 1 N–H and O–H groups in total. The van der Waals surface area contributed by atoms with Gasteiger partial charge < -0.3 is 5.32 Å². The van der Waals surface area contributed by atoms with Crippen LogP contribution in [0, 0.1) is 12.8 Å². The lowest BCUT2D eigenvalue weighted by Crippen LogP contribution is -2.28. The van der Waals surface area contributed by atoms with Gasteiger partial charge in [-0.2, -0.15) is 0 Å². The molecule has 0 aliphatic rings. The van der Waals surface area contributed by atoms with Gasteiger partial charge in [-0.05, 0) is 51.1 Å². The molecule has 0 saturated heterocycles. The van der Waals surface area contributed by atoms with Gasteiger partial charge in [-0.15, -0.1) is 0 Å². The molecule has 0 aliphatic carbocycles. The Hall–Kier alpha value is -0.820. The molecule has 2 atom stereocenters. The van der Waals surface area contributed by atoms with Crippen LogP contribution < -0.4 is 5.32 Å². The summed E-state index contributed by atoms with van der Waals surface area (Å²) in [6, 6.07) is 9.51. The number of nitrogens with one attached hydrogen (secondary N) is 1. The summed E-state index contributed by atoms with van der Waals surface area (Å²) in [6.45, 7) is 10.2. The number of hydrogen-bond acceptors (Lipinski definition) is 1. The van der Waals surface area contributed by atoms with Gasteiger partial charge in [-0.3, -0.25) is 0 Å². The van der Waals surface area contributed by atoms with Crippen molar-refractivity contribution in [2.75, 3.05) is 6.54 Å². The van der Waals surface area contributed by atoms with Crippen molar-refractivity contribution in [3.8, 4) is 0 Å². The van der Waals surface area contributed by atoms with Crippen LogP contribution in [0.15, 0.2) is 24.3 Å². The Labute approximate surface area is 107 Å². The van der Waals surface area contributed by atoms with E-state index < -0.39 is 0 Å². The third-order valence-corrected chi connectivity index (χ3v) is 3.17. The van der Waals surface area contributed by atoms with Crippen molar-refractivity contribution in [1.29, 1.82) is 0 Å². The van der Waals surface area contributed by atoms with Crippen molar-refractivity contribution in [2.24, 2.45) is 5.92 Å². The van der Waals surface area contributed by atoms with Crippen LogP contribution in [0.4, 0.5) is 0 Å². The lowest BCUT2D eigenvalue weighted by molar-refractivity contribution is 0.420. The van der Waals surface area contributed by atoms with Gasteiger partial charge in [0.1, 0.15) is 0 Å². The monoisotopic (exact) mass is 233 g/mol. The van der Waals surface area contributed by atoms with Gasteiger partial charge in [0, 0.05) is 6.04 Å². The van der Waals surface area contributed by atoms with Crippen LogP contribution in [0.3, 0.4) is 0 Å². The minimum Gasteiger partial charge on any atom is -0.314 e. The topological polar surface area (TPSA) is 12.0 Å². The molecule has 0 saturated carbocycles. The smallest absolute Gasteiger partial charge is 0.00413 e. The summed E-state index contributed by atoms with van der Waals surface area (Å²) in [6.07, 6.45) is 3.67. The second-order valence-corrected chi connectivity index (χ2v) is 5.39. The number of rotatable bonds is 7. The maximum atomic E-state index is 3.56.